The van der Waals surface area contributed by atoms with Gasteiger partial charge >= 0.3 is 6.09 Å². The SMILES string of the molecule is O=C1OC[C@@H]2CCN(Cc3ccccc3)Cc3ccccc3N12. The number of ether oxygens (including phenoxy) is 1. The fraction of sp³-hybridized carbons (Fsp3) is 0.316. The van der Waals surface area contributed by atoms with Crippen molar-refractivity contribution >= 4 is 11.8 Å². The number of carbonyl (C=O) groups excluding carboxylic acids is 1. The fourth-order valence-electron chi connectivity index (χ4n) is 3.48. The second-order valence-electron chi connectivity index (χ2n) is 6.21. The minimum absolute atomic E-state index is 0.141. The van der Waals surface area contributed by atoms with E-state index in [-0.39, 0.29) is 12.1 Å². The highest BCUT2D eigenvalue weighted by Crippen LogP contribution is 2.31. The summed E-state index contributed by atoms with van der Waals surface area (Å²) in [4.78, 5) is 16.4. The molecule has 0 bridgehead atoms. The Bertz CT molecular complexity index is 702. The van der Waals surface area contributed by atoms with E-state index in [4.69, 9.17) is 4.74 Å². The van der Waals surface area contributed by atoms with E-state index in [1.165, 1.54) is 11.1 Å². The van der Waals surface area contributed by atoms with Crippen LogP contribution in [0.15, 0.2) is 54.6 Å². The van der Waals surface area contributed by atoms with Gasteiger partial charge in [0.05, 0.1) is 11.7 Å². The molecular weight excluding hydrogens is 288 g/mol. The lowest BCUT2D eigenvalue weighted by atomic mass is 10.0. The molecule has 0 unspecified atom stereocenters. The summed E-state index contributed by atoms with van der Waals surface area (Å²) in [6.45, 7) is 3.23. The Morgan fingerprint density at radius 2 is 1.83 bits per heavy atom. The van der Waals surface area contributed by atoms with Crippen molar-refractivity contribution in [3.63, 3.8) is 0 Å². The minimum Gasteiger partial charge on any atom is -0.447 e. The molecule has 2 aromatic rings. The zero-order valence-electron chi connectivity index (χ0n) is 13.0. The largest absolute Gasteiger partial charge is 0.447 e. The highest BCUT2D eigenvalue weighted by atomic mass is 16.6. The van der Waals surface area contributed by atoms with Crippen LogP contribution in [0, 0.1) is 0 Å². The highest BCUT2D eigenvalue weighted by molar-refractivity contribution is 5.91. The normalized spacial score (nSPS) is 21.1. The maximum Gasteiger partial charge on any atom is 0.414 e. The average molecular weight is 308 g/mol. The number of nitrogens with zero attached hydrogens (tertiary/aromatic N) is 2. The first-order valence-corrected chi connectivity index (χ1v) is 8.11. The van der Waals surface area contributed by atoms with Gasteiger partial charge in [-0.25, -0.2) is 4.79 Å². The topological polar surface area (TPSA) is 32.8 Å². The third kappa shape index (κ3) is 2.82. The number of cyclic esters (lactones) is 1. The van der Waals surface area contributed by atoms with E-state index in [2.05, 4.69) is 35.2 Å². The number of rotatable bonds is 2. The summed E-state index contributed by atoms with van der Waals surface area (Å²) < 4.78 is 5.29. The molecule has 0 radical (unpaired) electrons. The van der Waals surface area contributed by atoms with Gasteiger partial charge in [-0.3, -0.25) is 9.80 Å². The van der Waals surface area contributed by atoms with E-state index in [1.807, 2.05) is 29.2 Å². The lowest BCUT2D eigenvalue weighted by Gasteiger charge is -2.32. The van der Waals surface area contributed by atoms with Crippen LogP contribution in [0.3, 0.4) is 0 Å². The predicted molar refractivity (Wildman–Crippen MR) is 89.2 cm³/mol. The van der Waals surface area contributed by atoms with Crippen molar-refractivity contribution in [2.75, 3.05) is 18.1 Å². The van der Waals surface area contributed by atoms with Gasteiger partial charge in [0.2, 0.25) is 0 Å². The van der Waals surface area contributed by atoms with E-state index in [1.54, 1.807) is 0 Å². The van der Waals surface area contributed by atoms with E-state index in [0.717, 1.165) is 31.7 Å². The summed E-state index contributed by atoms with van der Waals surface area (Å²) in [5, 5.41) is 0. The van der Waals surface area contributed by atoms with Crippen molar-refractivity contribution in [2.24, 2.45) is 0 Å². The summed E-state index contributed by atoms with van der Waals surface area (Å²) in [6, 6.07) is 18.9. The number of fused-ring (bicyclic) bond motifs is 3. The van der Waals surface area contributed by atoms with E-state index >= 15 is 0 Å². The van der Waals surface area contributed by atoms with Crippen molar-refractivity contribution in [2.45, 2.75) is 25.6 Å². The highest BCUT2D eigenvalue weighted by Gasteiger charge is 2.36. The average Bonchev–Trinajstić information content (AvgIpc) is 2.92. The number of amides is 1. The standard InChI is InChI=1S/C19H20N2O2/c22-19-21-17(14-23-19)10-11-20(12-15-6-2-1-3-7-15)13-16-8-4-5-9-18(16)21/h1-9,17H,10-14H2/t17-/m0/s1. The summed E-state index contributed by atoms with van der Waals surface area (Å²) in [6.07, 6.45) is 0.728. The lowest BCUT2D eigenvalue weighted by Crippen LogP contribution is -2.40. The Morgan fingerprint density at radius 3 is 2.70 bits per heavy atom. The Balaban J connectivity index is 1.64. The summed E-state index contributed by atoms with van der Waals surface area (Å²) in [5.41, 5.74) is 3.51. The third-order valence-corrected chi connectivity index (χ3v) is 4.63. The van der Waals surface area contributed by atoms with E-state index in [9.17, 15) is 4.79 Å². The first-order chi connectivity index (χ1) is 11.3. The summed E-state index contributed by atoms with van der Waals surface area (Å²) >= 11 is 0. The number of anilines is 1. The molecule has 0 saturated carbocycles. The molecule has 0 aromatic heterocycles. The van der Waals surface area contributed by atoms with Crippen LogP contribution in [0.4, 0.5) is 10.5 Å². The van der Waals surface area contributed by atoms with Gasteiger partial charge < -0.3 is 4.74 Å². The molecule has 4 rings (SSSR count). The Labute approximate surface area is 136 Å². The molecule has 2 heterocycles. The first kappa shape index (κ1) is 14.3. The number of carbonyl (C=O) groups is 1. The van der Waals surface area contributed by atoms with Gasteiger partial charge in [-0.1, -0.05) is 48.5 Å². The number of para-hydroxylation sites is 1. The van der Waals surface area contributed by atoms with Gasteiger partial charge in [0.25, 0.3) is 0 Å². The lowest BCUT2D eigenvalue weighted by molar-refractivity contribution is 0.177. The van der Waals surface area contributed by atoms with Crippen LogP contribution in [0.25, 0.3) is 0 Å². The van der Waals surface area contributed by atoms with Crippen LogP contribution in [-0.2, 0) is 17.8 Å². The number of hydrogen-bond donors (Lipinski definition) is 0. The summed E-state index contributed by atoms with van der Waals surface area (Å²) in [5.74, 6) is 0. The Hall–Kier alpha value is -2.33. The maximum atomic E-state index is 12.1. The quantitative estimate of drug-likeness (QED) is 0.852. The molecule has 1 saturated heterocycles. The molecule has 1 amide bonds. The first-order valence-electron chi connectivity index (χ1n) is 8.11. The zero-order chi connectivity index (χ0) is 15.6. The molecule has 1 atom stereocenters. The van der Waals surface area contributed by atoms with Crippen molar-refractivity contribution < 1.29 is 9.53 Å². The van der Waals surface area contributed by atoms with Gasteiger partial charge in [0.1, 0.15) is 6.61 Å². The van der Waals surface area contributed by atoms with Crippen molar-refractivity contribution in [3.05, 3.63) is 65.7 Å². The van der Waals surface area contributed by atoms with Gasteiger partial charge in [-0.05, 0) is 23.6 Å². The van der Waals surface area contributed by atoms with Gasteiger partial charge in [0, 0.05) is 19.6 Å². The van der Waals surface area contributed by atoms with Crippen molar-refractivity contribution in [3.8, 4) is 0 Å². The molecule has 1 fully saturated rings. The summed E-state index contributed by atoms with van der Waals surface area (Å²) in [7, 11) is 0. The van der Waals surface area contributed by atoms with Gasteiger partial charge in [-0.2, -0.15) is 0 Å². The molecule has 0 spiro atoms. The molecule has 0 N–H and O–H groups in total. The fourth-order valence-corrected chi connectivity index (χ4v) is 3.48. The second-order valence-corrected chi connectivity index (χ2v) is 6.21. The van der Waals surface area contributed by atoms with Gasteiger partial charge in [-0.15, -0.1) is 0 Å². The minimum atomic E-state index is -0.209. The molecule has 4 heteroatoms. The molecule has 2 aliphatic rings. The molecule has 23 heavy (non-hydrogen) atoms. The van der Waals surface area contributed by atoms with Crippen molar-refractivity contribution in [1.82, 2.24) is 4.90 Å². The van der Waals surface area contributed by atoms with Crippen LogP contribution in [-0.4, -0.2) is 30.2 Å². The molecular formula is C19H20N2O2. The monoisotopic (exact) mass is 308 g/mol. The predicted octanol–water partition coefficient (Wildman–Crippen LogP) is 3.42. The van der Waals surface area contributed by atoms with Crippen molar-refractivity contribution in [1.29, 1.82) is 0 Å². The third-order valence-electron chi connectivity index (χ3n) is 4.63. The van der Waals surface area contributed by atoms with Gasteiger partial charge in [0.15, 0.2) is 0 Å². The van der Waals surface area contributed by atoms with Crippen LogP contribution in [0.1, 0.15) is 17.5 Å². The molecule has 0 aliphatic carbocycles. The number of hydrogen-bond acceptors (Lipinski definition) is 3. The maximum absolute atomic E-state index is 12.1. The molecule has 2 aromatic carbocycles. The zero-order valence-corrected chi connectivity index (χ0v) is 13.0. The molecule has 118 valence electrons. The Morgan fingerprint density at radius 1 is 1.04 bits per heavy atom. The van der Waals surface area contributed by atoms with Crippen LogP contribution in [0.2, 0.25) is 0 Å². The smallest absolute Gasteiger partial charge is 0.414 e. The van der Waals surface area contributed by atoms with Crippen LogP contribution in [0.5, 0.6) is 0 Å². The van der Waals surface area contributed by atoms with E-state index < -0.39 is 0 Å². The Kier molecular flexibility index (Phi) is 3.75. The second kappa shape index (κ2) is 6.05. The van der Waals surface area contributed by atoms with Crippen LogP contribution >= 0.6 is 0 Å². The molecule has 4 nitrogen and oxygen atoms in total. The molecule has 2 aliphatic heterocycles. The number of benzene rings is 2. The van der Waals surface area contributed by atoms with Crippen LogP contribution < -0.4 is 4.90 Å². The van der Waals surface area contributed by atoms with E-state index in [0.29, 0.717) is 6.61 Å².